The van der Waals surface area contributed by atoms with Crippen LogP contribution in [0.25, 0.3) is 0 Å². The first-order chi connectivity index (χ1) is 10.5. The highest BCUT2D eigenvalue weighted by atomic mass is 32.2. The zero-order valence-corrected chi connectivity index (χ0v) is 12.8. The molecule has 2 rings (SSSR count). The van der Waals surface area contributed by atoms with Crippen molar-refractivity contribution in [3.63, 3.8) is 0 Å². The number of rotatable bonds is 4. The van der Waals surface area contributed by atoms with Gasteiger partial charge in [-0.05, 0) is 31.5 Å². The number of aromatic nitrogens is 1. The predicted octanol–water partition coefficient (Wildman–Crippen LogP) is 2.93. The molecular formula is C13H12F4N2O3S. The Kier molecular flexibility index (Phi) is 4.49. The van der Waals surface area contributed by atoms with Crippen LogP contribution in [0.3, 0.4) is 0 Å². The van der Waals surface area contributed by atoms with Gasteiger partial charge in [0.05, 0.1) is 5.56 Å². The van der Waals surface area contributed by atoms with E-state index >= 15 is 0 Å². The standard InChI is InChI=1S/C13H12F4N2O3S/c1-7-12(8(2)22-19-7)23(20,21)18-6-9-3-4-10(11(14)5-9)13(15,16)17/h3-5,18H,6H2,1-2H3. The van der Waals surface area contributed by atoms with Crippen molar-refractivity contribution in [2.75, 3.05) is 0 Å². The maximum atomic E-state index is 13.4. The monoisotopic (exact) mass is 352 g/mol. The zero-order valence-electron chi connectivity index (χ0n) is 12.0. The van der Waals surface area contributed by atoms with E-state index in [0.29, 0.717) is 12.1 Å². The molecule has 0 aliphatic heterocycles. The molecule has 0 fully saturated rings. The van der Waals surface area contributed by atoms with Crippen LogP contribution >= 0.6 is 0 Å². The first kappa shape index (κ1) is 17.4. The number of halogens is 4. The van der Waals surface area contributed by atoms with Crippen LogP contribution in [-0.4, -0.2) is 13.6 Å². The first-order valence-corrected chi connectivity index (χ1v) is 7.79. The van der Waals surface area contributed by atoms with Crippen LogP contribution in [0.2, 0.25) is 0 Å². The number of nitrogens with zero attached hydrogens (tertiary/aromatic N) is 1. The van der Waals surface area contributed by atoms with Crippen molar-refractivity contribution in [2.24, 2.45) is 0 Å². The minimum atomic E-state index is -4.81. The number of aryl methyl sites for hydroxylation is 2. The Morgan fingerprint density at radius 2 is 1.91 bits per heavy atom. The SMILES string of the molecule is Cc1noc(C)c1S(=O)(=O)NCc1ccc(C(F)(F)F)c(F)c1. The summed E-state index contributed by atoms with van der Waals surface area (Å²) in [6, 6.07) is 2.20. The molecule has 2 aromatic rings. The quantitative estimate of drug-likeness (QED) is 0.859. The van der Waals surface area contributed by atoms with Gasteiger partial charge in [-0.1, -0.05) is 11.2 Å². The van der Waals surface area contributed by atoms with Gasteiger partial charge < -0.3 is 4.52 Å². The molecule has 5 nitrogen and oxygen atoms in total. The summed E-state index contributed by atoms with van der Waals surface area (Å²) >= 11 is 0. The Morgan fingerprint density at radius 1 is 1.26 bits per heavy atom. The fraction of sp³-hybridized carbons (Fsp3) is 0.308. The highest BCUT2D eigenvalue weighted by Crippen LogP contribution is 2.31. The summed E-state index contributed by atoms with van der Waals surface area (Å²) in [6.45, 7) is 2.47. The van der Waals surface area contributed by atoms with Crippen molar-refractivity contribution in [1.29, 1.82) is 0 Å². The van der Waals surface area contributed by atoms with E-state index in [1.54, 1.807) is 0 Å². The van der Waals surface area contributed by atoms with Crippen LogP contribution < -0.4 is 4.72 Å². The van der Waals surface area contributed by atoms with Crippen LogP contribution in [0, 0.1) is 19.7 Å². The summed E-state index contributed by atoms with van der Waals surface area (Å²) in [7, 11) is -3.98. The minimum absolute atomic E-state index is 0.0471. The van der Waals surface area contributed by atoms with Crippen LogP contribution in [0.4, 0.5) is 17.6 Å². The second-order valence-electron chi connectivity index (χ2n) is 4.79. The average molecular weight is 352 g/mol. The van der Waals surface area contributed by atoms with E-state index in [2.05, 4.69) is 9.88 Å². The van der Waals surface area contributed by atoms with Crippen molar-refractivity contribution in [2.45, 2.75) is 31.5 Å². The Labute approximate surface area is 129 Å². The summed E-state index contributed by atoms with van der Waals surface area (Å²) in [6.07, 6.45) is -4.81. The second-order valence-corrected chi connectivity index (χ2v) is 6.49. The lowest BCUT2D eigenvalue weighted by atomic mass is 10.1. The molecule has 0 radical (unpaired) electrons. The van der Waals surface area contributed by atoms with E-state index in [0.717, 1.165) is 6.07 Å². The fourth-order valence-electron chi connectivity index (χ4n) is 2.01. The third-order valence-electron chi connectivity index (χ3n) is 3.04. The third-order valence-corrected chi connectivity index (χ3v) is 4.69. The average Bonchev–Trinajstić information content (AvgIpc) is 2.75. The molecule has 0 bridgehead atoms. The normalized spacial score (nSPS) is 12.6. The van der Waals surface area contributed by atoms with Gasteiger partial charge in [0.25, 0.3) is 0 Å². The first-order valence-electron chi connectivity index (χ1n) is 6.30. The molecule has 0 saturated heterocycles. The van der Waals surface area contributed by atoms with Gasteiger partial charge in [0, 0.05) is 6.54 Å². The number of sulfonamides is 1. The lowest BCUT2D eigenvalue weighted by molar-refractivity contribution is -0.140. The van der Waals surface area contributed by atoms with Crippen molar-refractivity contribution in [3.05, 3.63) is 46.6 Å². The van der Waals surface area contributed by atoms with E-state index < -0.39 is 27.6 Å². The molecule has 0 atom stereocenters. The summed E-state index contributed by atoms with van der Waals surface area (Å²) in [4.78, 5) is -0.148. The molecule has 0 spiro atoms. The van der Waals surface area contributed by atoms with Crippen LogP contribution in [-0.2, 0) is 22.7 Å². The van der Waals surface area contributed by atoms with Gasteiger partial charge in [0.15, 0.2) is 5.76 Å². The molecule has 0 saturated carbocycles. The Balaban J connectivity index is 2.20. The van der Waals surface area contributed by atoms with E-state index in [9.17, 15) is 26.0 Å². The van der Waals surface area contributed by atoms with Crippen molar-refractivity contribution >= 4 is 10.0 Å². The Bertz CT molecular complexity index is 809. The smallest absolute Gasteiger partial charge is 0.360 e. The number of hydrogen-bond donors (Lipinski definition) is 1. The second kappa shape index (κ2) is 5.93. The van der Waals surface area contributed by atoms with Crippen molar-refractivity contribution < 1.29 is 30.5 Å². The fourth-order valence-corrected chi connectivity index (χ4v) is 3.35. The third kappa shape index (κ3) is 3.70. The van der Waals surface area contributed by atoms with Crippen LogP contribution in [0.5, 0.6) is 0 Å². The summed E-state index contributed by atoms with van der Waals surface area (Å²) in [5, 5.41) is 3.51. The van der Waals surface area contributed by atoms with E-state index in [-0.39, 0.29) is 28.5 Å². The van der Waals surface area contributed by atoms with E-state index in [1.165, 1.54) is 13.8 Å². The predicted molar refractivity (Wildman–Crippen MR) is 71.4 cm³/mol. The Morgan fingerprint density at radius 3 is 2.39 bits per heavy atom. The minimum Gasteiger partial charge on any atom is -0.360 e. The van der Waals surface area contributed by atoms with Gasteiger partial charge in [0.1, 0.15) is 16.4 Å². The highest BCUT2D eigenvalue weighted by Gasteiger charge is 2.34. The van der Waals surface area contributed by atoms with Crippen molar-refractivity contribution in [3.8, 4) is 0 Å². The number of nitrogens with one attached hydrogen (secondary N) is 1. The maximum absolute atomic E-state index is 13.4. The highest BCUT2D eigenvalue weighted by molar-refractivity contribution is 7.89. The lowest BCUT2D eigenvalue weighted by Crippen LogP contribution is -2.24. The zero-order chi connectivity index (χ0) is 17.4. The van der Waals surface area contributed by atoms with Crippen LogP contribution in [0.1, 0.15) is 22.6 Å². The van der Waals surface area contributed by atoms with Gasteiger partial charge in [-0.3, -0.25) is 0 Å². The van der Waals surface area contributed by atoms with Gasteiger partial charge in [-0.15, -0.1) is 0 Å². The van der Waals surface area contributed by atoms with Gasteiger partial charge >= 0.3 is 6.18 Å². The van der Waals surface area contributed by atoms with Crippen molar-refractivity contribution in [1.82, 2.24) is 9.88 Å². The molecule has 23 heavy (non-hydrogen) atoms. The summed E-state index contributed by atoms with van der Waals surface area (Å²) in [5.74, 6) is -1.39. The molecule has 0 amide bonds. The molecule has 10 heteroatoms. The number of benzene rings is 1. The van der Waals surface area contributed by atoms with Gasteiger partial charge in [0.2, 0.25) is 10.0 Å². The topological polar surface area (TPSA) is 72.2 Å². The molecule has 0 aliphatic carbocycles. The molecule has 0 aliphatic rings. The van der Waals surface area contributed by atoms with E-state index in [4.69, 9.17) is 4.52 Å². The molecule has 1 heterocycles. The van der Waals surface area contributed by atoms with Crippen LogP contribution in [0.15, 0.2) is 27.6 Å². The van der Waals surface area contributed by atoms with Gasteiger partial charge in [-0.2, -0.15) is 13.2 Å². The maximum Gasteiger partial charge on any atom is 0.419 e. The Hall–Kier alpha value is -1.94. The van der Waals surface area contributed by atoms with Gasteiger partial charge in [-0.25, -0.2) is 17.5 Å². The molecule has 1 N–H and O–H groups in total. The molecule has 0 unspecified atom stereocenters. The molecule has 1 aromatic carbocycles. The number of hydrogen-bond acceptors (Lipinski definition) is 4. The summed E-state index contributed by atoms with van der Waals surface area (Å²) < 4.78 is 82.0. The lowest BCUT2D eigenvalue weighted by Gasteiger charge is -2.10. The number of alkyl halides is 3. The van der Waals surface area contributed by atoms with E-state index in [1.807, 2.05) is 0 Å². The molecule has 1 aromatic heterocycles. The molecular weight excluding hydrogens is 340 g/mol. The summed E-state index contributed by atoms with van der Waals surface area (Å²) in [5.41, 5.74) is -1.21. The largest absolute Gasteiger partial charge is 0.419 e. The molecule has 126 valence electrons.